The Morgan fingerprint density at radius 3 is 2.52 bits per heavy atom. The highest BCUT2D eigenvalue weighted by atomic mass is 35.5. The van der Waals surface area contributed by atoms with Crippen molar-refractivity contribution >= 4 is 23.3 Å². The first-order chi connectivity index (χ1) is 13.2. The summed E-state index contributed by atoms with van der Waals surface area (Å²) in [5, 5.41) is 9.47. The summed E-state index contributed by atoms with van der Waals surface area (Å²) >= 11 is 5.94. The summed E-state index contributed by atoms with van der Waals surface area (Å²) in [6.07, 6.45) is 1.92. The van der Waals surface area contributed by atoms with E-state index in [0.29, 0.717) is 37.9 Å². The Balaban J connectivity index is 1.43. The molecule has 0 saturated carbocycles. The predicted molar refractivity (Wildman–Crippen MR) is 105 cm³/mol. The molecule has 2 aliphatic heterocycles. The molecule has 2 aliphatic rings. The van der Waals surface area contributed by atoms with Gasteiger partial charge in [0.15, 0.2) is 5.82 Å². The van der Waals surface area contributed by atoms with E-state index in [4.69, 9.17) is 16.3 Å². The number of nitrogens with zero attached hydrogens (tertiary/aromatic N) is 4. The van der Waals surface area contributed by atoms with Gasteiger partial charge in [-0.05, 0) is 37.1 Å². The molecule has 1 amide bonds. The average molecular weight is 387 g/mol. The molecule has 0 unspecified atom stereocenters. The van der Waals surface area contributed by atoms with E-state index in [-0.39, 0.29) is 11.8 Å². The van der Waals surface area contributed by atoms with Crippen molar-refractivity contribution in [2.45, 2.75) is 12.8 Å². The number of hydrogen-bond donors (Lipinski definition) is 0. The molecule has 1 aromatic heterocycles. The minimum atomic E-state index is 0.0228. The van der Waals surface area contributed by atoms with Crippen LogP contribution < -0.4 is 4.90 Å². The van der Waals surface area contributed by atoms with Crippen LogP contribution in [0, 0.1) is 5.92 Å². The highest BCUT2D eigenvalue weighted by Gasteiger charge is 2.30. The lowest BCUT2D eigenvalue weighted by Crippen LogP contribution is -2.48. The fourth-order valence-corrected chi connectivity index (χ4v) is 3.82. The zero-order chi connectivity index (χ0) is 18.6. The third-order valence-corrected chi connectivity index (χ3v) is 5.46. The first-order valence-electron chi connectivity index (χ1n) is 9.42. The van der Waals surface area contributed by atoms with Crippen LogP contribution in [0.25, 0.3) is 11.3 Å². The molecule has 142 valence electrons. The second kappa shape index (κ2) is 8.23. The maximum atomic E-state index is 12.8. The normalized spacial score (nSPS) is 20.6. The van der Waals surface area contributed by atoms with Crippen molar-refractivity contribution in [2.24, 2.45) is 5.92 Å². The number of piperidine rings is 1. The van der Waals surface area contributed by atoms with Gasteiger partial charge in [-0.3, -0.25) is 4.79 Å². The zero-order valence-corrected chi connectivity index (χ0v) is 15.9. The van der Waals surface area contributed by atoms with Crippen molar-refractivity contribution < 1.29 is 9.53 Å². The van der Waals surface area contributed by atoms with Gasteiger partial charge in [-0.2, -0.15) is 0 Å². The van der Waals surface area contributed by atoms with Crippen molar-refractivity contribution in [3.8, 4) is 11.3 Å². The Morgan fingerprint density at radius 1 is 1.04 bits per heavy atom. The summed E-state index contributed by atoms with van der Waals surface area (Å²) in [5.41, 5.74) is 1.80. The van der Waals surface area contributed by atoms with Gasteiger partial charge in [0.05, 0.1) is 24.8 Å². The van der Waals surface area contributed by atoms with E-state index < -0.39 is 0 Å². The number of hydrogen-bond acceptors (Lipinski definition) is 5. The Kier molecular flexibility index (Phi) is 5.55. The molecule has 1 atom stereocenters. The molecule has 0 aliphatic carbocycles. The number of carbonyl (C=O) groups excluding carboxylic acids is 1. The summed E-state index contributed by atoms with van der Waals surface area (Å²) in [6.45, 7) is 4.28. The number of carbonyl (C=O) groups is 1. The second-order valence-electron chi connectivity index (χ2n) is 7.01. The van der Waals surface area contributed by atoms with E-state index in [2.05, 4.69) is 15.1 Å². The number of amides is 1. The quantitative estimate of drug-likeness (QED) is 0.811. The Morgan fingerprint density at radius 2 is 1.81 bits per heavy atom. The molecular formula is C20H23ClN4O2. The van der Waals surface area contributed by atoms with Crippen molar-refractivity contribution in [1.82, 2.24) is 15.1 Å². The van der Waals surface area contributed by atoms with Crippen LogP contribution in [-0.2, 0) is 9.53 Å². The van der Waals surface area contributed by atoms with Gasteiger partial charge in [0.25, 0.3) is 0 Å². The predicted octanol–water partition coefficient (Wildman–Crippen LogP) is 2.87. The topological polar surface area (TPSA) is 58.6 Å². The lowest BCUT2D eigenvalue weighted by Gasteiger charge is -2.36. The molecule has 7 heteroatoms. The number of anilines is 1. The van der Waals surface area contributed by atoms with Crippen molar-refractivity contribution in [3.05, 3.63) is 41.4 Å². The van der Waals surface area contributed by atoms with E-state index in [1.54, 1.807) is 0 Å². The SMILES string of the molecule is O=C([C@H]1CCCN(c2ccc(-c3ccc(Cl)cc3)nn2)C1)N1CCOCC1. The van der Waals surface area contributed by atoms with E-state index >= 15 is 0 Å². The standard InChI is InChI=1S/C20H23ClN4O2/c21-17-5-3-15(4-6-17)18-7-8-19(23-22-18)25-9-1-2-16(14-25)20(26)24-10-12-27-13-11-24/h3-8,16H,1-2,9-14H2/t16-/m0/s1. The fraction of sp³-hybridized carbons (Fsp3) is 0.450. The number of aromatic nitrogens is 2. The van der Waals surface area contributed by atoms with E-state index in [1.807, 2.05) is 41.3 Å². The molecule has 6 nitrogen and oxygen atoms in total. The van der Waals surface area contributed by atoms with Crippen LogP contribution in [-0.4, -0.2) is 60.4 Å². The molecule has 0 spiro atoms. The van der Waals surface area contributed by atoms with Crippen LogP contribution in [0.1, 0.15) is 12.8 Å². The second-order valence-corrected chi connectivity index (χ2v) is 7.44. The lowest BCUT2D eigenvalue weighted by atomic mass is 9.96. The number of ether oxygens (including phenoxy) is 1. The molecule has 1 aromatic carbocycles. The average Bonchev–Trinajstić information content (AvgIpc) is 2.75. The van der Waals surface area contributed by atoms with E-state index in [1.165, 1.54) is 0 Å². The smallest absolute Gasteiger partial charge is 0.227 e. The van der Waals surface area contributed by atoms with Crippen LogP contribution in [0.5, 0.6) is 0 Å². The minimum absolute atomic E-state index is 0.0228. The van der Waals surface area contributed by atoms with Crippen LogP contribution >= 0.6 is 11.6 Å². The van der Waals surface area contributed by atoms with E-state index in [0.717, 1.165) is 36.5 Å². The molecular weight excluding hydrogens is 364 g/mol. The first kappa shape index (κ1) is 18.2. The molecule has 2 saturated heterocycles. The van der Waals surface area contributed by atoms with Crippen LogP contribution in [0.3, 0.4) is 0 Å². The van der Waals surface area contributed by atoms with Gasteiger partial charge < -0.3 is 14.5 Å². The number of benzene rings is 1. The molecule has 4 rings (SSSR count). The third kappa shape index (κ3) is 4.22. The summed E-state index contributed by atoms with van der Waals surface area (Å²) < 4.78 is 5.35. The van der Waals surface area contributed by atoms with Crippen molar-refractivity contribution in [1.29, 1.82) is 0 Å². The molecule has 0 bridgehead atoms. The molecule has 0 radical (unpaired) electrons. The lowest BCUT2D eigenvalue weighted by molar-refractivity contribution is -0.139. The maximum absolute atomic E-state index is 12.8. The van der Waals surface area contributed by atoms with E-state index in [9.17, 15) is 4.79 Å². The number of halogens is 1. The summed E-state index contributed by atoms with van der Waals surface area (Å²) in [7, 11) is 0. The van der Waals surface area contributed by atoms with Crippen LogP contribution in [0.15, 0.2) is 36.4 Å². The van der Waals surface area contributed by atoms with Gasteiger partial charge >= 0.3 is 0 Å². The number of rotatable bonds is 3. The van der Waals surface area contributed by atoms with Gasteiger partial charge in [-0.15, -0.1) is 10.2 Å². The van der Waals surface area contributed by atoms with Gasteiger partial charge in [0.1, 0.15) is 0 Å². The largest absolute Gasteiger partial charge is 0.378 e. The maximum Gasteiger partial charge on any atom is 0.227 e. The zero-order valence-electron chi connectivity index (χ0n) is 15.2. The van der Waals surface area contributed by atoms with Crippen LogP contribution in [0.4, 0.5) is 5.82 Å². The Bertz CT molecular complexity index is 776. The number of morpholine rings is 1. The van der Waals surface area contributed by atoms with Gasteiger partial charge in [-0.25, -0.2) is 0 Å². The molecule has 0 N–H and O–H groups in total. The highest BCUT2D eigenvalue weighted by Crippen LogP contribution is 2.25. The first-order valence-corrected chi connectivity index (χ1v) is 9.79. The fourth-order valence-electron chi connectivity index (χ4n) is 3.70. The van der Waals surface area contributed by atoms with Crippen molar-refractivity contribution in [2.75, 3.05) is 44.3 Å². The summed E-state index contributed by atoms with van der Waals surface area (Å²) in [4.78, 5) is 16.9. The van der Waals surface area contributed by atoms with Gasteiger partial charge in [0.2, 0.25) is 5.91 Å². The monoisotopic (exact) mass is 386 g/mol. The Labute approximate surface area is 164 Å². The summed E-state index contributed by atoms with van der Waals surface area (Å²) in [6, 6.07) is 11.5. The molecule has 3 heterocycles. The highest BCUT2D eigenvalue weighted by molar-refractivity contribution is 6.30. The summed E-state index contributed by atoms with van der Waals surface area (Å²) in [5.74, 6) is 1.09. The molecule has 2 aromatic rings. The van der Waals surface area contributed by atoms with Gasteiger partial charge in [-0.1, -0.05) is 23.7 Å². The van der Waals surface area contributed by atoms with Crippen LogP contribution in [0.2, 0.25) is 5.02 Å². The Hall–Kier alpha value is -2.18. The van der Waals surface area contributed by atoms with Crippen molar-refractivity contribution in [3.63, 3.8) is 0 Å². The third-order valence-electron chi connectivity index (χ3n) is 5.21. The molecule has 2 fully saturated rings. The van der Waals surface area contributed by atoms with Gasteiger partial charge in [0, 0.05) is 36.8 Å². The minimum Gasteiger partial charge on any atom is -0.378 e. The molecule has 27 heavy (non-hydrogen) atoms.